The molecule has 4 nitrogen and oxygen atoms in total. The van der Waals surface area contributed by atoms with E-state index < -0.39 is 0 Å². The van der Waals surface area contributed by atoms with Gasteiger partial charge in [0.15, 0.2) is 11.5 Å². The van der Waals surface area contributed by atoms with E-state index in [-0.39, 0.29) is 12.6 Å². The number of benzene rings is 1. The van der Waals surface area contributed by atoms with Crippen LogP contribution in [0, 0.1) is 12.0 Å². The van der Waals surface area contributed by atoms with Crippen LogP contribution in [-0.4, -0.2) is 30.6 Å². The Morgan fingerprint density at radius 2 is 1.89 bits per heavy atom. The molecule has 0 radical (unpaired) electrons. The molecule has 1 saturated heterocycles. The average molecular weight is 257 g/mol. The predicted octanol–water partition coefficient (Wildman–Crippen LogP) is 2.04. The lowest BCUT2D eigenvalue weighted by Crippen LogP contribution is -2.24. The molecule has 19 heavy (non-hydrogen) atoms. The molecule has 0 saturated carbocycles. The Morgan fingerprint density at radius 1 is 1.11 bits per heavy atom. The van der Waals surface area contributed by atoms with Crippen molar-refractivity contribution in [3.63, 3.8) is 0 Å². The molecular formula is C15H15NO3. The van der Waals surface area contributed by atoms with E-state index in [9.17, 15) is 4.79 Å². The van der Waals surface area contributed by atoms with Crippen molar-refractivity contribution < 1.29 is 14.3 Å². The first-order chi connectivity index (χ1) is 9.33. The maximum absolute atomic E-state index is 12.0. The lowest BCUT2D eigenvalue weighted by Gasteiger charge is -2.21. The van der Waals surface area contributed by atoms with Gasteiger partial charge in [0.25, 0.3) is 0 Å². The number of likely N-dealkylation sites (tertiary alicyclic amines) is 1. The molecule has 1 aromatic rings. The Balaban J connectivity index is 1.71. The van der Waals surface area contributed by atoms with Crippen molar-refractivity contribution >= 4 is 5.78 Å². The summed E-state index contributed by atoms with van der Waals surface area (Å²) in [6, 6.07) is 8.11. The molecule has 1 fully saturated rings. The van der Waals surface area contributed by atoms with Gasteiger partial charge in [0, 0.05) is 24.7 Å². The first-order valence-electron chi connectivity index (χ1n) is 6.53. The zero-order valence-corrected chi connectivity index (χ0v) is 10.6. The number of fused-ring (bicyclic) bond motifs is 1. The molecule has 1 aromatic carbocycles. The minimum absolute atomic E-state index is 0.177. The van der Waals surface area contributed by atoms with Crippen LogP contribution in [0.2, 0.25) is 0 Å². The van der Waals surface area contributed by atoms with E-state index in [1.165, 1.54) is 6.42 Å². The number of Topliss-reactive ketones (excluding diaryl/α,β-unsaturated/α-hetero) is 1. The molecule has 0 spiro atoms. The summed E-state index contributed by atoms with van der Waals surface area (Å²) in [5.74, 6) is 3.82. The minimum atomic E-state index is -0.177. The highest BCUT2D eigenvalue weighted by molar-refractivity contribution is 6.09. The summed E-state index contributed by atoms with van der Waals surface area (Å²) >= 11 is 0. The lowest BCUT2D eigenvalue weighted by atomic mass is 10.1. The van der Waals surface area contributed by atoms with Gasteiger partial charge in [-0.05, 0) is 43.4 Å². The van der Waals surface area contributed by atoms with E-state index in [1.54, 1.807) is 18.2 Å². The number of carbonyl (C=O) groups excluding carboxylic acids is 1. The second kappa shape index (κ2) is 5.23. The summed E-state index contributed by atoms with van der Waals surface area (Å²) < 4.78 is 10.5. The number of rotatable bonds is 1. The number of nitrogens with zero attached hydrogens (tertiary/aromatic N) is 1. The van der Waals surface area contributed by atoms with Gasteiger partial charge in [-0.2, -0.15) is 0 Å². The fraction of sp³-hybridized carbons (Fsp3) is 0.400. The van der Waals surface area contributed by atoms with Crippen LogP contribution >= 0.6 is 0 Å². The summed E-state index contributed by atoms with van der Waals surface area (Å²) in [5.41, 5.74) is 0.550. The van der Waals surface area contributed by atoms with Gasteiger partial charge in [0.1, 0.15) is 0 Å². The molecule has 0 atom stereocenters. The average Bonchev–Trinajstić information content (AvgIpc) is 2.93. The Bertz CT molecular complexity index is 550. The number of piperidine rings is 1. The highest BCUT2D eigenvalue weighted by Crippen LogP contribution is 2.32. The second-order valence-electron chi connectivity index (χ2n) is 4.68. The molecule has 0 amide bonds. The van der Waals surface area contributed by atoms with Crippen LogP contribution in [0.5, 0.6) is 11.5 Å². The normalized spacial score (nSPS) is 16.7. The number of ether oxygens (including phenoxy) is 2. The molecule has 2 heterocycles. The number of carbonyl (C=O) groups is 1. The molecule has 98 valence electrons. The molecule has 0 aliphatic carbocycles. The van der Waals surface area contributed by atoms with E-state index in [0.717, 1.165) is 25.9 Å². The number of hydrogen-bond acceptors (Lipinski definition) is 4. The SMILES string of the molecule is O=C(C#CN1CCCCC1)c1ccc2c(c1)OCO2. The second-order valence-corrected chi connectivity index (χ2v) is 4.68. The molecule has 0 aromatic heterocycles. The largest absolute Gasteiger partial charge is 0.454 e. The van der Waals surface area contributed by atoms with Gasteiger partial charge in [0.2, 0.25) is 12.6 Å². The number of ketones is 1. The molecule has 2 aliphatic rings. The quantitative estimate of drug-likeness (QED) is 0.570. The monoisotopic (exact) mass is 257 g/mol. The molecule has 4 heteroatoms. The fourth-order valence-electron chi connectivity index (χ4n) is 2.25. The third-order valence-electron chi connectivity index (χ3n) is 3.32. The van der Waals surface area contributed by atoms with E-state index in [1.807, 2.05) is 4.90 Å². The van der Waals surface area contributed by atoms with Crippen molar-refractivity contribution in [2.24, 2.45) is 0 Å². The summed E-state index contributed by atoms with van der Waals surface area (Å²) in [7, 11) is 0. The maximum atomic E-state index is 12.0. The van der Waals surface area contributed by atoms with Crippen LogP contribution in [0.1, 0.15) is 29.6 Å². The van der Waals surface area contributed by atoms with Crippen molar-refractivity contribution in [3.05, 3.63) is 23.8 Å². The van der Waals surface area contributed by atoms with E-state index in [2.05, 4.69) is 12.0 Å². The van der Waals surface area contributed by atoms with Gasteiger partial charge < -0.3 is 14.4 Å². The summed E-state index contributed by atoms with van der Waals surface area (Å²) in [6.07, 6.45) is 3.58. The van der Waals surface area contributed by atoms with Crippen LogP contribution < -0.4 is 9.47 Å². The van der Waals surface area contributed by atoms with Crippen LogP contribution in [0.15, 0.2) is 18.2 Å². The Kier molecular flexibility index (Phi) is 3.28. The third kappa shape index (κ3) is 2.65. The van der Waals surface area contributed by atoms with Crippen LogP contribution in [0.25, 0.3) is 0 Å². The molecule has 0 N–H and O–H groups in total. The van der Waals surface area contributed by atoms with Gasteiger partial charge >= 0.3 is 0 Å². The Labute approximate surface area is 112 Å². The van der Waals surface area contributed by atoms with Crippen LogP contribution in [-0.2, 0) is 0 Å². The van der Waals surface area contributed by atoms with Crippen molar-refractivity contribution in [2.45, 2.75) is 19.3 Å². The molecule has 0 bridgehead atoms. The predicted molar refractivity (Wildman–Crippen MR) is 70.1 cm³/mol. The molecular weight excluding hydrogens is 242 g/mol. The van der Waals surface area contributed by atoms with Gasteiger partial charge in [-0.15, -0.1) is 0 Å². The highest BCUT2D eigenvalue weighted by Gasteiger charge is 2.15. The van der Waals surface area contributed by atoms with Crippen molar-refractivity contribution in [1.29, 1.82) is 0 Å². The Morgan fingerprint density at radius 3 is 2.74 bits per heavy atom. The topological polar surface area (TPSA) is 38.8 Å². The van der Waals surface area contributed by atoms with E-state index in [0.29, 0.717) is 17.1 Å². The molecule has 2 aliphatic heterocycles. The fourth-order valence-corrected chi connectivity index (χ4v) is 2.25. The van der Waals surface area contributed by atoms with Gasteiger partial charge in [-0.1, -0.05) is 0 Å². The smallest absolute Gasteiger partial charge is 0.237 e. The number of hydrogen-bond donors (Lipinski definition) is 0. The van der Waals surface area contributed by atoms with Crippen LogP contribution in [0.4, 0.5) is 0 Å². The van der Waals surface area contributed by atoms with Gasteiger partial charge in [-0.25, -0.2) is 0 Å². The first-order valence-corrected chi connectivity index (χ1v) is 6.53. The summed E-state index contributed by atoms with van der Waals surface area (Å²) in [5, 5.41) is 0. The highest BCUT2D eigenvalue weighted by atomic mass is 16.7. The third-order valence-corrected chi connectivity index (χ3v) is 3.32. The van der Waals surface area contributed by atoms with Crippen LogP contribution in [0.3, 0.4) is 0 Å². The molecule has 3 rings (SSSR count). The minimum Gasteiger partial charge on any atom is -0.454 e. The maximum Gasteiger partial charge on any atom is 0.237 e. The van der Waals surface area contributed by atoms with E-state index >= 15 is 0 Å². The van der Waals surface area contributed by atoms with Crippen molar-refractivity contribution in [1.82, 2.24) is 4.90 Å². The zero-order chi connectivity index (χ0) is 13.1. The first kappa shape index (κ1) is 11.9. The van der Waals surface area contributed by atoms with E-state index in [4.69, 9.17) is 9.47 Å². The lowest BCUT2D eigenvalue weighted by molar-refractivity contribution is 0.105. The van der Waals surface area contributed by atoms with Crippen molar-refractivity contribution in [3.8, 4) is 23.5 Å². The van der Waals surface area contributed by atoms with Gasteiger partial charge in [-0.3, -0.25) is 4.79 Å². The standard InChI is InChI=1S/C15H15NO3/c17-13(6-9-16-7-2-1-3-8-16)12-4-5-14-15(10-12)19-11-18-14/h4-5,10H,1-3,7-8,11H2. The Hall–Kier alpha value is -2.15. The molecule has 0 unspecified atom stereocenters. The summed E-state index contributed by atoms with van der Waals surface area (Å²) in [4.78, 5) is 14.0. The summed E-state index contributed by atoms with van der Waals surface area (Å²) in [6.45, 7) is 2.13. The van der Waals surface area contributed by atoms with Gasteiger partial charge in [0.05, 0.1) is 0 Å². The van der Waals surface area contributed by atoms with Crippen molar-refractivity contribution in [2.75, 3.05) is 19.9 Å². The zero-order valence-electron chi connectivity index (χ0n) is 10.6.